The summed E-state index contributed by atoms with van der Waals surface area (Å²) in [4.78, 5) is 10.9. The Bertz CT molecular complexity index is 274. The van der Waals surface area contributed by atoms with Gasteiger partial charge in [0, 0.05) is 13.1 Å². The monoisotopic (exact) mass is 193 g/mol. The van der Waals surface area contributed by atoms with Gasteiger partial charge in [-0.15, -0.1) is 0 Å². The Hall–Kier alpha value is -0.660. The van der Waals surface area contributed by atoms with Crippen LogP contribution in [0.4, 0.5) is 0 Å². The van der Waals surface area contributed by atoms with E-state index in [2.05, 4.69) is 5.32 Å². The fraction of sp³-hybridized carbons (Fsp3) is 0.800. The lowest BCUT2D eigenvalue weighted by atomic mass is 10.4. The molecule has 0 aromatic carbocycles. The highest BCUT2D eigenvalue weighted by Crippen LogP contribution is 1.99. The molecule has 1 rings (SSSR count). The highest BCUT2D eigenvalue weighted by molar-refractivity contribution is 7.86. The number of carbonyl (C=O) groups excluding carboxylic acids is 1. The first kappa shape index (κ1) is 9.43. The summed E-state index contributed by atoms with van der Waals surface area (Å²) in [5, 5.41) is 7.41. The maximum Gasteiger partial charge on any atom is 0.277 e. The van der Waals surface area contributed by atoms with Gasteiger partial charge < -0.3 is 5.32 Å². The topological polar surface area (TPSA) is 92.5 Å². The molecule has 0 aliphatic carbocycles. The van der Waals surface area contributed by atoms with E-state index in [1.165, 1.54) is 0 Å². The van der Waals surface area contributed by atoms with E-state index in [0.717, 1.165) is 4.31 Å². The second-order valence-corrected chi connectivity index (χ2v) is 4.13. The average molecular weight is 193 g/mol. The fourth-order valence-corrected chi connectivity index (χ4v) is 1.68. The molecular formula is C5H11N3O3S. The van der Waals surface area contributed by atoms with Gasteiger partial charge in [0.2, 0.25) is 5.91 Å². The number of nitrogens with two attached hydrogens (primary N) is 1. The number of rotatable bonds is 1. The lowest BCUT2D eigenvalue weighted by molar-refractivity contribution is -0.120. The molecule has 1 aliphatic rings. The van der Waals surface area contributed by atoms with Gasteiger partial charge >= 0.3 is 0 Å². The van der Waals surface area contributed by atoms with Crippen LogP contribution in [0.5, 0.6) is 0 Å². The van der Waals surface area contributed by atoms with Crippen molar-refractivity contribution in [3.8, 4) is 0 Å². The zero-order chi connectivity index (χ0) is 9.19. The van der Waals surface area contributed by atoms with Crippen LogP contribution in [0, 0.1) is 0 Å². The van der Waals surface area contributed by atoms with E-state index >= 15 is 0 Å². The van der Waals surface area contributed by atoms with Crippen LogP contribution in [0.15, 0.2) is 0 Å². The molecule has 0 unspecified atom stereocenters. The van der Waals surface area contributed by atoms with Crippen molar-refractivity contribution in [2.24, 2.45) is 5.14 Å². The molecule has 1 aliphatic heterocycles. The van der Waals surface area contributed by atoms with Crippen molar-refractivity contribution < 1.29 is 13.2 Å². The van der Waals surface area contributed by atoms with Gasteiger partial charge in [-0.3, -0.25) is 4.79 Å². The van der Waals surface area contributed by atoms with Crippen LogP contribution in [-0.2, 0) is 15.0 Å². The highest BCUT2D eigenvalue weighted by atomic mass is 32.2. The number of hydrogen-bond acceptors (Lipinski definition) is 3. The SMILES string of the molecule is NS(=O)(=O)N1CCCNC(=O)C1. The molecule has 0 radical (unpaired) electrons. The van der Waals surface area contributed by atoms with Crippen LogP contribution in [0.1, 0.15) is 6.42 Å². The first-order valence-corrected chi connectivity index (χ1v) is 5.05. The summed E-state index contributed by atoms with van der Waals surface area (Å²) < 4.78 is 22.6. The molecule has 7 heteroatoms. The van der Waals surface area contributed by atoms with Crippen molar-refractivity contribution in [2.45, 2.75) is 6.42 Å². The predicted octanol–water partition coefficient (Wildman–Crippen LogP) is -1.99. The molecule has 1 amide bonds. The van der Waals surface area contributed by atoms with Gasteiger partial charge in [-0.05, 0) is 6.42 Å². The molecule has 0 bridgehead atoms. The van der Waals surface area contributed by atoms with Crippen LogP contribution in [0.3, 0.4) is 0 Å². The van der Waals surface area contributed by atoms with Gasteiger partial charge in [-0.2, -0.15) is 12.7 Å². The van der Waals surface area contributed by atoms with E-state index in [4.69, 9.17) is 5.14 Å². The van der Waals surface area contributed by atoms with E-state index in [9.17, 15) is 13.2 Å². The summed E-state index contributed by atoms with van der Waals surface area (Å²) in [5.74, 6) is -0.304. The van der Waals surface area contributed by atoms with Crippen molar-refractivity contribution in [1.29, 1.82) is 0 Å². The van der Waals surface area contributed by atoms with Gasteiger partial charge in [-0.1, -0.05) is 0 Å². The molecular weight excluding hydrogens is 182 g/mol. The van der Waals surface area contributed by atoms with Crippen LogP contribution >= 0.6 is 0 Å². The summed E-state index contributed by atoms with van der Waals surface area (Å²) in [5.41, 5.74) is 0. The minimum absolute atomic E-state index is 0.168. The van der Waals surface area contributed by atoms with Crippen molar-refractivity contribution in [3.63, 3.8) is 0 Å². The smallest absolute Gasteiger partial charge is 0.277 e. The molecule has 1 saturated heterocycles. The van der Waals surface area contributed by atoms with Gasteiger partial charge in [0.05, 0.1) is 6.54 Å². The maximum atomic E-state index is 10.9. The van der Waals surface area contributed by atoms with Crippen LogP contribution < -0.4 is 10.5 Å². The summed E-state index contributed by atoms with van der Waals surface area (Å²) in [6, 6.07) is 0. The quantitative estimate of drug-likeness (QED) is 0.505. The first-order valence-electron chi connectivity index (χ1n) is 3.55. The molecule has 1 heterocycles. The van der Waals surface area contributed by atoms with Crippen molar-refractivity contribution >= 4 is 16.1 Å². The molecule has 0 saturated carbocycles. The third kappa shape index (κ3) is 2.43. The van der Waals surface area contributed by atoms with E-state index in [0.29, 0.717) is 19.5 Å². The Labute approximate surface area is 70.9 Å². The first-order chi connectivity index (χ1) is 5.50. The Balaban J connectivity index is 2.71. The molecule has 3 N–H and O–H groups in total. The van der Waals surface area contributed by atoms with Gasteiger partial charge in [0.1, 0.15) is 0 Å². The van der Waals surface area contributed by atoms with E-state index in [-0.39, 0.29) is 12.5 Å². The minimum atomic E-state index is -3.71. The molecule has 6 nitrogen and oxygen atoms in total. The number of amides is 1. The molecule has 0 aromatic heterocycles. The molecule has 0 spiro atoms. The van der Waals surface area contributed by atoms with Gasteiger partial charge in [-0.25, -0.2) is 5.14 Å². The summed E-state index contributed by atoms with van der Waals surface area (Å²) >= 11 is 0. The van der Waals surface area contributed by atoms with Crippen molar-refractivity contribution in [3.05, 3.63) is 0 Å². The third-order valence-electron chi connectivity index (χ3n) is 1.59. The van der Waals surface area contributed by atoms with Crippen LogP contribution in [-0.4, -0.2) is 38.3 Å². The summed E-state index contributed by atoms with van der Waals surface area (Å²) in [7, 11) is -3.71. The van der Waals surface area contributed by atoms with Crippen molar-refractivity contribution in [1.82, 2.24) is 9.62 Å². The van der Waals surface area contributed by atoms with Gasteiger partial charge in [0.25, 0.3) is 10.2 Å². The van der Waals surface area contributed by atoms with E-state index < -0.39 is 10.2 Å². The Morgan fingerprint density at radius 1 is 1.50 bits per heavy atom. The molecule has 70 valence electrons. The van der Waals surface area contributed by atoms with Gasteiger partial charge in [0.15, 0.2) is 0 Å². The summed E-state index contributed by atoms with van der Waals surface area (Å²) in [6.45, 7) is 0.640. The maximum absolute atomic E-state index is 10.9. The lowest BCUT2D eigenvalue weighted by Crippen LogP contribution is -2.41. The molecule has 0 aromatic rings. The Morgan fingerprint density at radius 2 is 2.17 bits per heavy atom. The van der Waals surface area contributed by atoms with E-state index in [1.807, 2.05) is 0 Å². The zero-order valence-corrected chi connectivity index (χ0v) is 7.30. The largest absolute Gasteiger partial charge is 0.355 e. The average Bonchev–Trinajstić information content (AvgIpc) is 2.11. The fourth-order valence-electron chi connectivity index (χ4n) is 0.996. The number of nitrogens with zero attached hydrogens (tertiary/aromatic N) is 1. The minimum Gasteiger partial charge on any atom is -0.355 e. The number of nitrogens with one attached hydrogen (secondary N) is 1. The highest BCUT2D eigenvalue weighted by Gasteiger charge is 2.22. The Kier molecular flexibility index (Phi) is 2.65. The normalized spacial score (nSPS) is 21.6. The predicted molar refractivity (Wildman–Crippen MR) is 42.3 cm³/mol. The molecule has 1 fully saturated rings. The second-order valence-electron chi connectivity index (χ2n) is 2.58. The van der Waals surface area contributed by atoms with Crippen molar-refractivity contribution in [2.75, 3.05) is 19.6 Å². The number of hydrogen-bond donors (Lipinski definition) is 2. The molecule has 12 heavy (non-hydrogen) atoms. The molecule has 0 atom stereocenters. The lowest BCUT2D eigenvalue weighted by Gasteiger charge is -2.14. The standard InChI is InChI=1S/C5H11N3O3S/c6-12(10,11)8-3-1-2-7-5(9)4-8/h1-4H2,(H,7,9)(H2,6,10,11). The van der Waals surface area contributed by atoms with Crippen LogP contribution in [0.2, 0.25) is 0 Å². The summed E-state index contributed by atoms with van der Waals surface area (Å²) in [6.07, 6.45) is 0.599. The third-order valence-corrected chi connectivity index (χ3v) is 2.62. The van der Waals surface area contributed by atoms with E-state index in [1.54, 1.807) is 0 Å². The van der Waals surface area contributed by atoms with Crippen LogP contribution in [0.25, 0.3) is 0 Å². The number of carbonyl (C=O) groups is 1. The zero-order valence-electron chi connectivity index (χ0n) is 6.49. The second kappa shape index (κ2) is 3.38. The Morgan fingerprint density at radius 3 is 2.75 bits per heavy atom.